The molecule has 0 unspecified atom stereocenters. The van der Waals surface area contributed by atoms with E-state index in [0.29, 0.717) is 6.61 Å². The topological polar surface area (TPSA) is 64.3 Å². The van der Waals surface area contributed by atoms with Crippen LogP contribution in [-0.4, -0.2) is 12.5 Å². The van der Waals surface area contributed by atoms with Gasteiger partial charge < -0.3 is 10.6 Å². The van der Waals surface area contributed by atoms with E-state index in [0.717, 1.165) is 18.4 Å². The Morgan fingerprint density at radius 2 is 2.12 bits per heavy atom. The van der Waals surface area contributed by atoms with E-state index >= 15 is 0 Å². The molecule has 1 aromatic carbocycles. The maximum Gasteiger partial charge on any atom is 0.241 e. The van der Waals surface area contributed by atoms with Crippen LogP contribution in [0.2, 0.25) is 0 Å². The summed E-state index contributed by atoms with van der Waals surface area (Å²) in [7, 11) is 0. The fourth-order valence-electron chi connectivity index (χ4n) is 1.29. The molecule has 0 bridgehead atoms. The molecule has 0 aromatic heterocycles. The van der Waals surface area contributed by atoms with Crippen molar-refractivity contribution < 1.29 is 9.63 Å². The number of benzene rings is 1. The molecule has 0 aliphatic heterocycles. The largest absolute Gasteiger partial charge is 0.368 e. The number of nitrogens with one attached hydrogen (secondary N) is 1. The lowest BCUT2D eigenvalue weighted by atomic mass is 10.1. The molecule has 1 amide bonds. The van der Waals surface area contributed by atoms with Gasteiger partial charge in [-0.05, 0) is 12.0 Å². The average Bonchev–Trinajstić information content (AvgIpc) is 2.30. The summed E-state index contributed by atoms with van der Waals surface area (Å²) in [4.78, 5) is 16.4. The predicted octanol–water partition coefficient (Wildman–Crippen LogP) is 1.53. The SMILES string of the molecule is CCCCON[C@H](C(N)=O)c1ccccc1. The summed E-state index contributed by atoms with van der Waals surface area (Å²) in [6.07, 6.45) is 2.00. The molecule has 88 valence electrons. The molecule has 0 saturated heterocycles. The highest BCUT2D eigenvalue weighted by molar-refractivity contribution is 5.81. The Morgan fingerprint density at radius 3 is 2.69 bits per heavy atom. The van der Waals surface area contributed by atoms with Crippen LogP contribution in [0.15, 0.2) is 30.3 Å². The van der Waals surface area contributed by atoms with E-state index in [1.165, 1.54) is 0 Å². The number of carbonyl (C=O) groups excluding carboxylic acids is 1. The van der Waals surface area contributed by atoms with E-state index in [4.69, 9.17) is 10.6 Å². The van der Waals surface area contributed by atoms with Gasteiger partial charge in [0, 0.05) is 0 Å². The van der Waals surface area contributed by atoms with Gasteiger partial charge in [-0.15, -0.1) is 0 Å². The minimum absolute atomic E-state index is 0.442. The van der Waals surface area contributed by atoms with Crippen molar-refractivity contribution in [3.63, 3.8) is 0 Å². The highest BCUT2D eigenvalue weighted by Gasteiger charge is 2.16. The van der Waals surface area contributed by atoms with Crippen LogP contribution in [-0.2, 0) is 9.63 Å². The Hall–Kier alpha value is -1.39. The predicted molar refractivity (Wildman–Crippen MR) is 62.4 cm³/mol. The van der Waals surface area contributed by atoms with Crippen molar-refractivity contribution in [2.24, 2.45) is 5.73 Å². The van der Waals surface area contributed by atoms with Crippen LogP contribution in [0.4, 0.5) is 0 Å². The van der Waals surface area contributed by atoms with E-state index in [1.807, 2.05) is 30.3 Å². The lowest BCUT2D eigenvalue weighted by Gasteiger charge is -2.15. The van der Waals surface area contributed by atoms with Gasteiger partial charge in [0.1, 0.15) is 6.04 Å². The maximum absolute atomic E-state index is 11.2. The van der Waals surface area contributed by atoms with Gasteiger partial charge in [-0.3, -0.25) is 4.79 Å². The lowest BCUT2D eigenvalue weighted by Crippen LogP contribution is -2.33. The number of amides is 1. The molecule has 0 spiro atoms. The van der Waals surface area contributed by atoms with E-state index in [2.05, 4.69) is 12.4 Å². The second-order valence-electron chi connectivity index (χ2n) is 3.57. The van der Waals surface area contributed by atoms with Crippen molar-refractivity contribution >= 4 is 5.91 Å². The molecule has 1 rings (SSSR count). The van der Waals surface area contributed by atoms with Crippen LogP contribution >= 0.6 is 0 Å². The number of hydrogen-bond donors (Lipinski definition) is 2. The number of hydrogen-bond acceptors (Lipinski definition) is 3. The summed E-state index contributed by atoms with van der Waals surface area (Å²) in [6, 6.07) is 8.70. The summed E-state index contributed by atoms with van der Waals surface area (Å²) in [5.41, 5.74) is 8.81. The average molecular weight is 222 g/mol. The summed E-state index contributed by atoms with van der Waals surface area (Å²) in [5.74, 6) is -0.442. The van der Waals surface area contributed by atoms with E-state index in [1.54, 1.807) is 0 Å². The third kappa shape index (κ3) is 4.00. The zero-order valence-corrected chi connectivity index (χ0v) is 9.48. The standard InChI is InChI=1S/C12H18N2O2/c1-2-3-9-16-14-11(12(13)15)10-7-5-4-6-8-10/h4-8,11,14H,2-3,9H2,1H3,(H2,13,15)/t11-/m0/s1. The summed E-state index contributed by atoms with van der Waals surface area (Å²) in [5, 5.41) is 0. The Labute approximate surface area is 95.7 Å². The molecule has 0 fully saturated rings. The summed E-state index contributed by atoms with van der Waals surface area (Å²) >= 11 is 0. The molecule has 0 radical (unpaired) electrons. The fourth-order valence-corrected chi connectivity index (χ4v) is 1.29. The van der Waals surface area contributed by atoms with Crippen LogP contribution in [0.25, 0.3) is 0 Å². The van der Waals surface area contributed by atoms with Gasteiger partial charge in [-0.1, -0.05) is 43.7 Å². The first-order chi connectivity index (χ1) is 7.75. The first-order valence-corrected chi connectivity index (χ1v) is 5.47. The number of hydroxylamine groups is 1. The Morgan fingerprint density at radius 1 is 1.44 bits per heavy atom. The highest BCUT2D eigenvalue weighted by Crippen LogP contribution is 2.11. The molecule has 1 aromatic rings. The van der Waals surface area contributed by atoms with Crippen molar-refractivity contribution in [3.8, 4) is 0 Å². The molecule has 16 heavy (non-hydrogen) atoms. The third-order valence-electron chi connectivity index (χ3n) is 2.22. The number of nitrogens with two attached hydrogens (primary N) is 1. The Bertz CT molecular complexity index is 314. The van der Waals surface area contributed by atoms with Crippen molar-refractivity contribution in [1.29, 1.82) is 0 Å². The van der Waals surface area contributed by atoms with Gasteiger partial charge in [0.2, 0.25) is 5.91 Å². The molecule has 4 heteroatoms. The molecule has 0 heterocycles. The normalized spacial score (nSPS) is 12.3. The van der Waals surface area contributed by atoms with Crippen molar-refractivity contribution in [2.45, 2.75) is 25.8 Å². The van der Waals surface area contributed by atoms with Crippen molar-refractivity contribution in [3.05, 3.63) is 35.9 Å². The zero-order chi connectivity index (χ0) is 11.8. The molecule has 0 aliphatic carbocycles. The van der Waals surface area contributed by atoms with Crippen LogP contribution < -0.4 is 11.2 Å². The third-order valence-corrected chi connectivity index (χ3v) is 2.22. The van der Waals surface area contributed by atoms with Gasteiger partial charge in [0.15, 0.2) is 0 Å². The number of primary amides is 1. The van der Waals surface area contributed by atoms with Gasteiger partial charge in [0.05, 0.1) is 6.61 Å². The molecule has 3 N–H and O–H groups in total. The highest BCUT2D eigenvalue weighted by atomic mass is 16.6. The van der Waals surface area contributed by atoms with Gasteiger partial charge >= 0.3 is 0 Å². The van der Waals surface area contributed by atoms with E-state index in [9.17, 15) is 4.79 Å². The number of carbonyl (C=O) groups is 1. The molecular formula is C12H18N2O2. The van der Waals surface area contributed by atoms with Crippen LogP contribution in [0.5, 0.6) is 0 Å². The smallest absolute Gasteiger partial charge is 0.241 e. The monoisotopic (exact) mass is 222 g/mol. The van der Waals surface area contributed by atoms with Crippen molar-refractivity contribution in [2.75, 3.05) is 6.61 Å². The van der Waals surface area contributed by atoms with E-state index in [-0.39, 0.29) is 0 Å². The molecule has 1 atom stereocenters. The zero-order valence-electron chi connectivity index (χ0n) is 9.48. The van der Waals surface area contributed by atoms with E-state index < -0.39 is 11.9 Å². The quantitative estimate of drug-likeness (QED) is 0.543. The minimum Gasteiger partial charge on any atom is -0.368 e. The van der Waals surface area contributed by atoms with Crippen molar-refractivity contribution in [1.82, 2.24) is 5.48 Å². The van der Waals surface area contributed by atoms with Crippen LogP contribution in [0.1, 0.15) is 31.4 Å². The number of rotatable bonds is 7. The first kappa shape index (κ1) is 12.7. The van der Waals surface area contributed by atoms with Crippen LogP contribution in [0.3, 0.4) is 0 Å². The first-order valence-electron chi connectivity index (χ1n) is 5.47. The number of unbranched alkanes of at least 4 members (excludes halogenated alkanes) is 1. The molecular weight excluding hydrogens is 204 g/mol. The maximum atomic E-state index is 11.2. The van der Waals surface area contributed by atoms with Crippen LogP contribution in [0, 0.1) is 0 Å². The summed E-state index contributed by atoms with van der Waals surface area (Å²) in [6.45, 7) is 2.65. The van der Waals surface area contributed by atoms with Gasteiger partial charge in [-0.25, -0.2) is 0 Å². The molecule has 0 saturated carbocycles. The van der Waals surface area contributed by atoms with Gasteiger partial charge in [0.25, 0.3) is 0 Å². The van der Waals surface area contributed by atoms with Gasteiger partial charge in [-0.2, -0.15) is 5.48 Å². The Balaban J connectivity index is 2.52. The summed E-state index contributed by atoms with van der Waals surface area (Å²) < 4.78 is 0. The molecule has 4 nitrogen and oxygen atoms in total. The lowest BCUT2D eigenvalue weighted by molar-refractivity contribution is -0.124. The second-order valence-corrected chi connectivity index (χ2v) is 3.57. The molecule has 0 aliphatic rings. The Kier molecular flexibility index (Phi) is 5.53. The second kappa shape index (κ2) is 6.98. The fraction of sp³-hybridized carbons (Fsp3) is 0.417. The minimum atomic E-state index is -0.585.